The van der Waals surface area contributed by atoms with Crippen LogP contribution in [0.5, 0.6) is 0 Å². The molecule has 0 aliphatic carbocycles. The van der Waals surface area contributed by atoms with Crippen molar-refractivity contribution in [2.24, 2.45) is 0 Å². The molecule has 0 radical (unpaired) electrons. The normalized spacial score (nSPS) is 14.9. The van der Waals surface area contributed by atoms with Gasteiger partial charge in [0, 0.05) is 24.7 Å². The summed E-state index contributed by atoms with van der Waals surface area (Å²) in [5.41, 5.74) is -0.139. The number of amides is 3. The van der Waals surface area contributed by atoms with Crippen LogP contribution in [-0.2, 0) is 4.79 Å². The van der Waals surface area contributed by atoms with Gasteiger partial charge in [0.15, 0.2) is 11.6 Å². The number of imide groups is 1. The molecular formula is C19H12ClF2N3O5S. The van der Waals surface area contributed by atoms with Gasteiger partial charge in [0.05, 0.1) is 9.83 Å². The largest absolute Gasteiger partial charge is 0.350 e. The van der Waals surface area contributed by atoms with Crippen LogP contribution in [0.25, 0.3) is 6.08 Å². The number of nitrogens with one attached hydrogen (secondary N) is 1. The van der Waals surface area contributed by atoms with Gasteiger partial charge in [-0.05, 0) is 47.7 Å². The van der Waals surface area contributed by atoms with Gasteiger partial charge in [-0.15, -0.1) is 0 Å². The highest BCUT2D eigenvalue weighted by molar-refractivity contribution is 8.18. The molecule has 0 unspecified atom stereocenters. The van der Waals surface area contributed by atoms with E-state index in [1.165, 1.54) is 24.3 Å². The predicted molar refractivity (Wildman–Crippen MR) is 109 cm³/mol. The van der Waals surface area contributed by atoms with E-state index < -0.39 is 33.6 Å². The average Bonchev–Trinajstić information content (AvgIpc) is 2.98. The fraction of sp³-hybridized carbons (Fsp3) is 0.105. The lowest BCUT2D eigenvalue weighted by molar-refractivity contribution is -0.384. The van der Waals surface area contributed by atoms with E-state index in [2.05, 4.69) is 5.32 Å². The van der Waals surface area contributed by atoms with Gasteiger partial charge >= 0.3 is 0 Å². The molecule has 0 saturated carbocycles. The van der Waals surface area contributed by atoms with Gasteiger partial charge in [0.25, 0.3) is 22.7 Å². The van der Waals surface area contributed by atoms with Crippen molar-refractivity contribution in [3.63, 3.8) is 0 Å². The van der Waals surface area contributed by atoms with E-state index in [4.69, 9.17) is 11.6 Å². The summed E-state index contributed by atoms with van der Waals surface area (Å²) >= 11 is 6.40. The molecule has 2 aromatic rings. The molecule has 0 atom stereocenters. The van der Waals surface area contributed by atoms with Crippen molar-refractivity contribution in [3.05, 3.63) is 79.2 Å². The highest BCUT2D eigenvalue weighted by Gasteiger charge is 2.34. The summed E-state index contributed by atoms with van der Waals surface area (Å²) in [5.74, 6) is -3.59. The Bertz CT molecular complexity index is 1140. The zero-order valence-electron chi connectivity index (χ0n) is 15.4. The van der Waals surface area contributed by atoms with Crippen molar-refractivity contribution in [1.82, 2.24) is 10.2 Å². The van der Waals surface area contributed by atoms with Crippen molar-refractivity contribution in [3.8, 4) is 0 Å². The van der Waals surface area contributed by atoms with Crippen LogP contribution in [0.2, 0.25) is 5.02 Å². The standard InChI is InChI=1S/C19H12ClF2N3O5S/c20-12-3-1-10(7-15(12)25(29)30)8-16-18(27)24(19(28)31-16)6-5-23-17(26)11-2-4-13(21)14(22)9-11/h1-4,7-9H,5-6H2,(H,23,26)/b16-8-. The quantitative estimate of drug-likeness (QED) is 0.391. The summed E-state index contributed by atoms with van der Waals surface area (Å²) in [4.78, 5) is 47.9. The van der Waals surface area contributed by atoms with Crippen LogP contribution in [0.1, 0.15) is 15.9 Å². The molecule has 160 valence electrons. The molecule has 1 N–H and O–H groups in total. The van der Waals surface area contributed by atoms with E-state index in [0.29, 0.717) is 17.3 Å². The summed E-state index contributed by atoms with van der Waals surface area (Å²) < 4.78 is 26.2. The first-order valence-electron chi connectivity index (χ1n) is 8.60. The van der Waals surface area contributed by atoms with Crippen LogP contribution in [0.15, 0.2) is 41.3 Å². The smallest absolute Gasteiger partial charge is 0.293 e. The van der Waals surface area contributed by atoms with Gasteiger partial charge in [0.1, 0.15) is 5.02 Å². The van der Waals surface area contributed by atoms with Crippen LogP contribution in [0.4, 0.5) is 19.3 Å². The van der Waals surface area contributed by atoms with Gasteiger partial charge in [0.2, 0.25) is 0 Å². The zero-order valence-corrected chi connectivity index (χ0v) is 17.0. The monoisotopic (exact) mass is 467 g/mol. The summed E-state index contributed by atoms with van der Waals surface area (Å²) in [6.07, 6.45) is 1.33. The molecule has 8 nitrogen and oxygen atoms in total. The first-order valence-corrected chi connectivity index (χ1v) is 9.79. The fourth-order valence-electron chi connectivity index (χ4n) is 2.62. The lowest BCUT2D eigenvalue weighted by atomic mass is 10.2. The maximum Gasteiger partial charge on any atom is 0.293 e. The Labute approximate surface area is 183 Å². The number of benzene rings is 2. The van der Waals surface area contributed by atoms with Gasteiger partial charge in [-0.25, -0.2) is 8.78 Å². The average molecular weight is 468 g/mol. The van der Waals surface area contributed by atoms with Crippen molar-refractivity contribution < 1.29 is 28.1 Å². The summed E-state index contributed by atoms with van der Waals surface area (Å²) in [6.45, 7) is -0.270. The number of hydrogen-bond donors (Lipinski definition) is 1. The highest BCUT2D eigenvalue weighted by atomic mass is 35.5. The van der Waals surface area contributed by atoms with E-state index in [9.17, 15) is 33.3 Å². The Morgan fingerprint density at radius 2 is 1.94 bits per heavy atom. The molecule has 31 heavy (non-hydrogen) atoms. The van der Waals surface area contributed by atoms with Gasteiger partial charge in [-0.3, -0.25) is 29.4 Å². The number of nitrogens with zero attached hydrogens (tertiary/aromatic N) is 2. The summed E-state index contributed by atoms with van der Waals surface area (Å²) in [6, 6.07) is 6.60. The third-order valence-electron chi connectivity index (χ3n) is 4.14. The predicted octanol–water partition coefficient (Wildman–Crippen LogP) is 3.99. The fourth-order valence-corrected chi connectivity index (χ4v) is 3.68. The second-order valence-electron chi connectivity index (χ2n) is 6.19. The topological polar surface area (TPSA) is 110 Å². The van der Waals surface area contributed by atoms with Gasteiger partial charge < -0.3 is 5.32 Å². The van der Waals surface area contributed by atoms with E-state index in [0.717, 1.165) is 23.1 Å². The number of rotatable bonds is 6. The van der Waals surface area contributed by atoms with Crippen LogP contribution < -0.4 is 5.32 Å². The van der Waals surface area contributed by atoms with Crippen molar-refractivity contribution in [2.75, 3.05) is 13.1 Å². The molecule has 1 aliphatic rings. The van der Waals surface area contributed by atoms with Gasteiger partial charge in [-0.1, -0.05) is 17.7 Å². The molecule has 1 saturated heterocycles. The lowest BCUT2D eigenvalue weighted by Crippen LogP contribution is -2.37. The van der Waals surface area contributed by atoms with Crippen LogP contribution in [0.3, 0.4) is 0 Å². The second kappa shape index (κ2) is 9.23. The van der Waals surface area contributed by atoms with E-state index in [1.807, 2.05) is 0 Å². The maximum absolute atomic E-state index is 13.2. The van der Waals surface area contributed by atoms with Gasteiger partial charge in [-0.2, -0.15) is 0 Å². The Morgan fingerprint density at radius 1 is 1.19 bits per heavy atom. The number of nitro benzene ring substituents is 1. The minimum Gasteiger partial charge on any atom is -0.350 e. The molecule has 3 amide bonds. The lowest BCUT2D eigenvalue weighted by Gasteiger charge is -2.13. The first-order chi connectivity index (χ1) is 14.7. The van der Waals surface area contributed by atoms with E-state index in [-0.39, 0.29) is 34.3 Å². The van der Waals surface area contributed by atoms with E-state index in [1.54, 1.807) is 0 Å². The van der Waals surface area contributed by atoms with Crippen molar-refractivity contribution in [2.45, 2.75) is 0 Å². The Balaban J connectivity index is 1.64. The Hall–Kier alpha value is -3.31. The van der Waals surface area contributed by atoms with Crippen molar-refractivity contribution >= 4 is 52.2 Å². The minimum atomic E-state index is -1.17. The number of nitro groups is 1. The third-order valence-corrected chi connectivity index (χ3v) is 5.37. The van der Waals surface area contributed by atoms with Crippen LogP contribution in [0, 0.1) is 21.7 Å². The highest BCUT2D eigenvalue weighted by Crippen LogP contribution is 2.33. The molecule has 0 aromatic heterocycles. The first kappa shape index (κ1) is 22.4. The number of hydrogen-bond acceptors (Lipinski definition) is 6. The molecule has 0 spiro atoms. The molecular weight excluding hydrogens is 456 g/mol. The van der Waals surface area contributed by atoms with E-state index >= 15 is 0 Å². The number of carbonyl (C=O) groups is 3. The SMILES string of the molecule is O=C(NCCN1C(=O)S/C(=C\c2ccc(Cl)c([N+](=O)[O-])c2)C1=O)c1ccc(F)c(F)c1. The molecule has 1 fully saturated rings. The van der Waals surface area contributed by atoms with Crippen LogP contribution >= 0.6 is 23.4 Å². The Kier molecular flexibility index (Phi) is 6.66. The maximum atomic E-state index is 13.2. The minimum absolute atomic E-state index is 0.0496. The van der Waals surface area contributed by atoms with Crippen molar-refractivity contribution in [1.29, 1.82) is 0 Å². The molecule has 0 bridgehead atoms. The zero-order chi connectivity index (χ0) is 22.7. The third kappa shape index (κ3) is 5.06. The number of halogens is 3. The van der Waals surface area contributed by atoms with Crippen LogP contribution in [-0.4, -0.2) is 40.0 Å². The molecule has 1 aliphatic heterocycles. The molecule has 2 aromatic carbocycles. The number of carbonyl (C=O) groups excluding carboxylic acids is 3. The Morgan fingerprint density at radius 3 is 2.61 bits per heavy atom. The molecule has 3 rings (SSSR count). The summed E-state index contributed by atoms with van der Waals surface area (Å²) in [7, 11) is 0. The summed E-state index contributed by atoms with van der Waals surface area (Å²) in [5, 5.41) is 12.7. The molecule has 12 heteroatoms. The second-order valence-corrected chi connectivity index (χ2v) is 7.59. The number of thioether (sulfide) groups is 1. The molecule has 1 heterocycles.